The van der Waals surface area contributed by atoms with Crippen molar-refractivity contribution >= 4 is 16.9 Å². The molecular weight excluding hydrogens is 256 g/mol. The monoisotopic (exact) mass is 270 g/mol. The Hall–Kier alpha value is -2.69. The van der Waals surface area contributed by atoms with Crippen molar-refractivity contribution in [3.63, 3.8) is 0 Å². The lowest BCUT2D eigenvalue weighted by Gasteiger charge is -2.07. The summed E-state index contributed by atoms with van der Waals surface area (Å²) in [5.41, 5.74) is 2.62. The fraction of sp³-hybridized carbons (Fsp3) is 0.133. The Kier molecular flexibility index (Phi) is 2.57. The van der Waals surface area contributed by atoms with E-state index in [-0.39, 0.29) is 11.4 Å². The highest BCUT2D eigenvalue weighted by molar-refractivity contribution is 5.92. The van der Waals surface area contributed by atoms with Crippen LogP contribution in [0.25, 0.3) is 22.3 Å². The summed E-state index contributed by atoms with van der Waals surface area (Å²) in [5.74, 6) is -0.746. The Labute approximate surface area is 115 Å². The molecule has 0 fully saturated rings. The third-order valence-electron chi connectivity index (χ3n) is 3.64. The Morgan fingerprint density at radius 1 is 1.05 bits per heavy atom. The molecule has 0 radical (unpaired) electrons. The van der Waals surface area contributed by atoms with Gasteiger partial charge in [0.2, 0.25) is 0 Å². The van der Waals surface area contributed by atoms with Gasteiger partial charge < -0.3 is 19.3 Å². The number of phenolic OH excluding ortho intramolecular Hbond substituents is 1. The summed E-state index contributed by atoms with van der Waals surface area (Å²) in [5, 5.41) is 20.0. The van der Waals surface area contributed by atoms with E-state index in [0.717, 1.165) is 22.3 Å². The van der Waals surface area contributed by atoms with Crippen LogP contribution in [0.2, 0.25) is 0 Å². The number of carboxylic acids is 1. The van der Waals surface area contributed by atoms with Crippen LogP contribution in [0.4, 0.5) is 0 Å². The quantitative estimate of drug-likeness (QED) is 0.752. The normalized spacial score (nSPS) is 11.1. The highest BCUT2D eigenvalue weighted by atomic mass is 16.4. The van der Waals surface area contributed by atoms with E-state index in [4.69, 9.17) is 5.11 Å². The first-order chi connectivity index (χ1) is 9.50. The third kappa shape index (κ3) is 1.60. The fourth-order valence-corrected chi connectivity index (χ4v) is 2.62. The van der Waals surface area contributed by atoms with Gasteiger partial charge in [0.1, 0.15) is 11.4 Å². The molecular formula is C15H14N2O3. The molecule has 0 aliphatic carbocycles. The van der Waals surface area contributed by atoms with E-state index in [1.807, 2.05) is 23.7 Å². The second kappa shape index (κ2) is 4.16. The zero-order chi connectivity index (χ0) is 14.4. The molecule has 3 rings (SSSR count). The largest absolute Gasteiger partial charge is 0.506 e. The molecule has 20 heavy (non-hydrogen) atoms. The van der Waals surface area contributed by atoms with Crippen molar-refractivity contribution in [3.8, 4) is 17.1 Å². The van der Waals surface area contributed by atoms with Crippen LogP contribution in [0.5, 0.6) is 5.75 Å². The number of rotatable bonds is 2. The van der Waals surface area contributed by atoms with Crippen LogP contribution < -0.4 is 0 Å². The number of fused-ring (bicyclic) bond motifs is 1. The van der Waals surface area contributed by atoms with Crippen LogP contribution >= 0.6 is 0 Å². The van der Waals surface area contributed by atoms with Gasteiger partial charge in [-0.2, -0.15) is 0 Å². The number of hydrogen-bond acceptors (Lipinski definition) is 2. The fourth-order valence-electron chi connectivity index (χ4n) is 2.62. The Balaban J connectivity index is 2.28. The molecule has 0 saturated carbocycles. The number of benzene rings is 1. The van der Waals surface area contributed by atoms with E-state index in [2.05, 4.69) is 0 Å². The molecule has 102 valence electrons. The van der Waals surface area contributed by atoms with Crippen molar-refractivity contribution in [1.29, 1.82) is 0 Å². The maximum absolute atomic E-state index is 11.1. The summed E-state index contributed by atoms with van der Waals surface area (Å²) in [7, 11) is 3.57. The number of para-hydroxylation sites is 1. The lowest BCUT2D eigenvalue weighted by molar-refractivity contribution is 0.0686. The molecule has 3 aromatic rings. The minimum absolute atomic E-state index is 0.212. The molecule has 0 aliphatic rings. The Bertz CT molecular complexity index is 827. The van der Waals surface area contributed by atoms with Gasteiger partial charge in [-0.05, 0) is 24.3 Å². The number of phenols is 1. The van der Waals surface area contributed by atoms with Gasteiger partial charge in [-0.15, -0.1) is 0 Å². The van der Waals surface area contributed by atoms with Gasteiger partial charge in [-0.3, -0.25) is 0 Å². The first-order valence-corrected chi connectivity index (χ1v) is 6.17. The first-order valence-electron chi connectivity index (χ1n) is 6.17. The lowest BCUT2D eigenvalue weighted by atomic mass is 10.2. The lowest BCUT2D eigenvalue weighted by Crippen LogP contribution is -2.06. The molecule has 1 aromatic carbocycles. The van der Waals surface area contributed by atoms with Crippen LogP contribution in [-0.4, -0.2) is 25.3 Å². The van der Waals surface area contributed by atoms with Crippen molar-refractivity contribution < 1.29 is 15.0 Å². The van der Waals surface area contributed by atoms with Crippen molar-refractivity contribution in [2.75, 3.05) is 0 Å². The second-order valence-corrected chi connectivity index (χ2v) is 4.77. The molecule has 0 unspecified atom stereocenters. The molecule has 2 heterocycles. The minimum atomic E-state index is -0.958. The molecule has 2 aromatic heterocycles. The molecule has 0 amide bonds. The third-order valence-corrected chi connectivity index (χ3v) is 3.64. The summed E-state index contributed by atoms with van der Waals surface area (Å²) < 4.78 is 3.50. The molecule has 0 aliphatic heterocycles. The Morgan fingerprint density at radius 2 is 1.80 bits per heavy atom. The van der Waals surface area contributed by atoms with Crippen molar-refractivity contribution in [2.24, 2.45) is 14.1 Å². The number of aromatic nitrogens is 2. The van der Waals surface area contributed by atoms with Crippen molar-refractivity contribution in [3.05, 3.63) is 42.1 Å². The summed E-state index contributed by atoms with van der Waals surface area (Å²) >= 11 is 0. The van der Waals surface area contributed by atoms with E-state index in [9.17, 15) is 9.90 Å². The average molecular weight is 270 g/mol. The summed E-state index contributed by atoms with van der Waals surface area (Å²) in [4.78, 5) is 11.1. The van der Waals surface area contributed by atoms with Gasteiger partial charge in [0.15, 0.2) is 0 Å². The predicted molar refractivity (Wildman–Crippen MR) is 76.0 cm³/mol. The van der Waals surface area contributed by atoms with Gasteiger partial charge in [0.05, 0.1) is 16.9 Å². The van der Waals surface area contributed by atoms with Gasteiger partial charge in [0.25, 0.3) is 0 Å². The van der Waals surface area contributed by atoms with E-state index in [0.29, 0.717) is 0 Å². The van der Waals surface area contributed by atoms with Gasteiger partial charge in [0, 0.05) is 19.5 Å². The number of carbonyl (C=O) groups is 1. The smallest absolute Gasteiger partial charge is 0.352 e. The molecule has 5 nitrogen and oxygen atoms in total. The second-order valence-electron chi connectivity index (χ2n) is 4.77. The number of aryl methyl sites for hydroxylation is 1. The predicted octanol–water partition coefficient (Wildman–Crippen LogP) is 2.59. The zero-order valence-corrected chi connectivity index (χ0v) is 11.2. The minimum Gasteiger partial charge on any atom is -0.506 e. The summed E-state index contributed by atoms with van der Waals surface area (Å²) in [6, 6.07) is 10.6. The topological polar surface area (TPSA) is 67.4 Å². The van der Waals surface area contributed by atoms with E-state index in [1.165, 1.54) is 0 Å². The van der Waals surface area contributed by atoms with Crippen molar-refractivity contribution in [2.45, 2.75) is 0 Å². The number of hydrogen-bond donors (Lipinski definition) is 2. The van der Waals surface area contributed by atoms with Crippen LogP contribution in [-0.2, 0) is 14.1 Å². The Morgan fingerprint density at radius 3 is 2.40 bits per heavy atom. The SMILES string of the molecule is Cn1c(C(=O)O)ccc1-c1cc2cccc(O)c2n1C. The van der Waals surface area contributed by atoms with Crippen LogP contribution in [0.3, 0.4) is 0 Å². The maximum Gasteiger partial charge on any atom is 0.352 e. The van der Waals surface area contributed by atoms with E-state index in [1.54, 1.807) is 35.9 Å². The molecule has 5 heteroatoms. The molecule has 0 atom stereocenters. The number of aromatic carboxylic acids is 1. The van der Waals surface area contributed by atoms with Crippen LogP contribution in [0.15, 0.2) is 36.4 Å². The van der Waals surface area contributed by atoms with Crippen LogP contribution in [0, 0.1) is 0 Å². The number of carboxylic acid groups (broad SMARTS) is 1. The molecule has 0 spiro atoms. The zero-order valence-electron chi connectivity index (χ0n) is 11.2. The van der Waals surface area contributed by atoms with Gasteiger partial charge in [-0.25, -0.2) is 4.79 Å². The maximum atomic E-state index is 11.1. The highest BCUT2D eigenvalue weighted by Crippen LogP contribution is 2.32. The van der Waals surface area contributed by atoms with Gasteiger partial charge in [-0.1, -0.05) is 12.1 Å². The average Bonchev–Trinajstić information content (AvgIpc) is 2.91. The van der Waals surface area contributed by atoms with Crippen molar-refractivity contribution in [1.82, 2.24) is 9.13 Å². The molecule has 0 bridgehead atoms. The molecule has 2 N–H and O–H groups in total. The van der Waals surface area contributed by atoms with Crippen LogP contribution in [0.1, 0.15) is 10.5 Å². The number of aromatic hydroxyl groups is 1. The van der Waals surface area contributed by atoms with Gasteiger partial charge >= 0.3 is 5.97 Å². The van der Waals surface area contributed by atoms with E-state index < -0.39 is 5.97 Å². The van der Waals surface area contributed by atoms with E-state index >= 15 is 0 Å². The molecule has 0 saturated heterocycles. The summed E-state index contributed by atoms with van der Waals surface area (Å²) in [6.45, 7) is 0. The highest BCUT2D eigenvalue weighted by Gasteiger charge is 2.16. The summed E-state index contributed by atoms with van der Waals surface area (Å²) in [6.07, 6.45) is 0. The number of nitrogens with zero attached hydrogens (tertiary/aromatic N) is 2. The standard InChI is InChI=1S/C15H14N2O3/c1-16-10(6-7-11(16)15(19)20)12-8-9-4-3-5-13(18)14(9)17(12)2/h3-8,18H,1-2H3,(H,19,20). The first kappa shape index (κ1) is 12.3.